The van der Waals surface area contributed by atoms with E-state index < -0.39 is 29.6 Å². The van der Waals surface area contributed by atoms with Crippen LogP contribution in [0.3, 0.4) is 0 Å². The third kappa shape index (κ3) is 17.9. The molecule has 2 saturated heterocycles. The summed E-state index contributed by atoms with van der Waals surface area (Å²) in [5.74, 6) is 0.523. The summed E-state index contributed by atoms with van der Waals surface area (Å²) in [6, 6.07) is 11.7. The zero-order chi connectivity index (χ0) is 58.8. The number of hydrogen-bond donors (Lipinski definition) is 3. The molecule has 4 amide bonds. The highest BCUT2D eigenvalue weighted by molar-refractivity contribution is 5.96. The van der Waals surface area contributed by atoms with Gasteiger partial charge in [0.2, 0.25) is 23.7 Å². The van der Waals surface area contributed by atoms with Gasteiger partial charge in [-0.1, -0.05) is 24.3 Å². The number of carbonyl (C=O) groups excluding carboxylic acids is 5. The van der Waals surface area contributed by atoms with E-state index in [2.05, 4.69) is 25.6 Å². The largest absolute Gasteiger partial charge is 0.480 e. The van der Waals surface area contributed by atoms with Crippen molar-refractivity contribution in [3.8, 4) is 11.5 Å². The van der Waals surface area contributed by atoms with E-state index in [9.17, 15) is 33.9 Å². The molecule has 436 valence electrons. The van der Waals surface area contributed by atoms with Crippen molar-refractivity contribution in [1.29, 1.82) is 0 Å². The fraction of sp³-hybridized carbons (Fsp3) is 0.552. The maximum Gasteiger partial charge on any atom is 0.415 e. The summed E-state index contributed by atoms with van der Waals surface area (Å²) in [4.78, 5) is 104. The number of benzene rings is 2. The Morgan fingerprint density at radius 1 is 0.588 bits per heavy atom. The molecule has 6 rings (SSSR count). The number of ether oxygens (including phenoxy) is 3. The number of nitrogens with zero attached hydrogens (tertiary/aromatic N) is 10. The first-order valence-corrected chi connectivity index (χ1v) is 27.9. The van der Waals surface area contributed by atoms with Gasteiger partial charge in [0.1, 0.15) is 40.6 Å². The molecule has 0 spiro atoms. The van der Waals surface area contributed by atoms with E-state index in [1.54, 1.807) is 63.5 Å². The van der Waals surface area contributed by atoms with Crippen molar-refractivity contribution in [2.75, 3.05) is 82.6 Å². The van der Waals surface area contributed by atoms with Crippen LogP contribution in [0.5, 0.6) is 11.5 Å². The quantitative estimate of drug-likeness (QED) is 0.0622. The van der Waals surface area contributed by atoms with E-state index in [-0.39, 0.29) is 54.7 Å². The summed E-state index contributed by atoms with van der Waals surface area (Å²) < 4.78 is 16.8. The van der Waals surface area contributed by atoms with Crippen LogP contribution >= 0.6 is 0 Å². The minimum atomic E-state index is -1.07. The van der Waals surface area contributed by atoms with Gasteiger partial charge in [-0.05, 0) is 137 Å². The summed E-state index contributed by atoms with van der Waals surface area (Å²) in [5.41, 5.74) is 1.74. The molecule has 2 aliphatic heterocycles. The number of aromatic nitrogens is 4. The SMILES string of the molecule is CCN(CC)c1ncc(N(C(C)=O)C(C)C)c(N[C@@H](Cc2ccc(OC(=O)N3CCCC3)cc2)C(=O)O)n1.CCN(CC)c1ncc(N(C(C)=O)C(C)C)c(N[C@@H](Cc2ccc(OC(=O)N3CCCC3)cc2)C(=O)OC(C)(C)C)n1. The smallest absolute Gasteiger partial charge is 0.415 e. The predicted octanol–water partition coefficient (Wildman–Crippen LogP) is 8.83. The Morgan fingerprint density at radius 3 is 1.25 bits per heavy atom. The molecule has 22 heteroatoms. The van der Waals surface area contributed by atoms with Crippen molar-refractivity contribution in [1.82, 2.24) is 29.7 Å². The number of rotatable bonds is 22. The molecule has 2 aromatic heterocycles. The van der Waals surface area contributed by atoms with Gasteiger partial charge in [-0.3, -0.25) is 9.59 Å². The highest BCUT2D eigenvalue weighted by Crippen LogP contribution is 2.31. The fourth-order valence-corrected chi connectivity index (χ4v) is 9.32. The summed E-state index contributed by atoms with van der Waals surface area (Å²) in [6.07, 6.45) is 6.79. The molecule has 0 unspecified atom stereocenters. The van der Waals surface area contributed by atoms with Crippen molar-refractivity contribution >= 4 is 70.8 Å². The van der Waals surface area contributed by atoms with E-state index >= 15 is 0 Å². The summed E-state index contributed by atoms with van der Waals surface area (Å²) >= 11 is 0. The number of likely N-dealkylation sites (tertiary alicyclic amines) is 2. The molecule has 4 aromatic rings. The van der Waals surface area contributed by atoms with Crippen molar-refractivity contribution in [3.63, 3.8) is 0 Å². The number of aliphatic carboxylic acids is 1. The lowest BCUT2D eigenvalue weighted by molar-refractivity contribution is -0.155. The summed E-state index contributed by atoms with van der Waals surface area (Å²) in [5, 5.41) is 16.4. The van der Waals surface area contributed by atoms with E-state index in [4.69, 9.17) is 19.2 Å². The maximum absolute atomic E-state index is 13.5. The number of carboxylic acid groups (broad SMARTS) is 1. The Labute approximate surface area is 471 Å². The van der Waals surface area contributed by atoms with E-state index in [0.29, 0.717) is 92.9 Å². The van der Waals surface area contributed by atoms with Crippen molar-refractivity contribution in [3.05, 3.63) is 72.1 Å². The fourth-order valence-electron chi connectivity index (χ4n) is 9.32. The van der Waals surface area contributed by atoms with E-state index in [1.165, 1.54) is 18.7 Å². The zero-order valence-corrected chi connectivity index (χ0v) is 49.1. The minimum absolute atomic E-state index is 0.140. The number of carbonyl (C=O) groups is 6. The number of amides is 4. The number of anilines is 6. The Morgan fingerprint density at radius 2 is 0.938 bits per heavy atom. The molecule has 0 radical (unpaired) electrons. The second-order valence-corrected chi connectivity index (χ2v) is 21.2. The molecule has 3 N–H and O–H groups in total. The normalized spacial score (nSPS) is 13.9. The van der Waals surface area contributed by atoms with Crippen molar-refractivity contribution < 1.29 is 48.1 Å². The summed E-state index contributed by atoms with van der Waals surface area (Å²) in [6.45, 7) is 29.5. The highest BCUT2D eigenvalue weighted by Gasteiger charge is 2.31. The van der Waals surface area contributed by atoms with Crippen molar-refractivity contribution in [2.45, 2.75) is 158 Å². The Kier molecular flexibility index (Phi) is 23.2. The van der Waals surface area contributed by atoms with Gasteiger partial charge in [-0.15, -0.1) is 0 Å². The average molecular weight is 1110 g/mol. The van der Waals surface area contributed by atoms with Gasteiger partial charge in [-0.25, -0.2) is 29.1 Å². The lowest BCUT2D eigenvalue weighted by Gasteiger charge is -2.30. The van der Waals surface area contributed by atoms with Crippen molar-refractivity contribution in [2.24, 2.45) is 0 Å². The van der Waals surface area contributed by atoms with Crippen LogP contribution < -0.4 is 39.7 Å². The number of hydrogen-bond acceptors (Lipinski definition) is 17. The lowest BCUT2D eigenvalue weighted by Crippen LogP contribution is -2.40. The lowest BCUT2D eigenvalue weighted by atomic mass is 10.0. The van der Waals surface area contributed by atoms with Crippen LogP contribution in [0.2, 0.25) is 0 Å². The van der Waals surface area contributed by atoms with Gasteiger partial charge in [0.25, 0.3) is 0 Å². The molecule has 80 heavy (non-hydrogen) atoms. The number of nitrogens with one attached hydrogen (secondary N) is 2. The molecule has 2 atom stereocenters. The van der Waals surface area contributed by atoms with Crippen LogP contribution in [-0.4, -0.2) is 153 Å². The van der Waals surface area contributed by atoms with Gasteiger partial charge < -0.3 is 59.4 Å². The van der Waals surface area contributed by atoms with Crippen LogP contribution in [0.4, 0.5) is 44.5 Å². The predicted molar refractivity (Wildman–Crippen MR) is 310 cm³/mol. The maximum atomic E-state index is 13.5. The van der Waals surface area contributed by atoms with Gasteiger partial charge in [-0.2, -0.15) is 9.97 Å². The standard InChI is InChI=1S/C31H46N6O5.C27H38N6O5/c1-9-35(10-2)29-32-20-26(37(21(3)4)22(5)38)27(34-29)33-25(28(39)42-31(6,7)8)19-23-13-15-24(16-14-23)41-30(40)36-17-11-12-18-36;1-6-31(7-2)26-28-17-23(33(18(3)4)19(5)34)24(30-26)29-22(25(35)36)16-20-10-12-21(13-11-20)38-27(37)32-14-8-9-15-32/h13-16,20-21,25H,9-12,17-19H2,1-8H3,(H,32,33,34);10-13,17-18,22H,6-9,14-16H2,1-5H3,(H,35,36)(H,28,29,30)/t25-;22-/m00/s1. The first-order chi connectivity index (χ1) is 38.0. The van der Waals surface area contributed by atoms with Crippen LogP contribution in [-0.2, 0) is 36.8 Å². The zero-order valence-electron chi connectivity index (χ0n) is 49.1. The first-order valence-electron chi connectivity index (χ1n) is 27.9. The molecule has 0 aliphatic carbocycles. The van der Waals surface area contributed by atoms with Gasteiger partial charge in [0, 0.05) is 91.1 Å². The van der Waals surface area contributed by atoms with Crippen LogP contribution in [0.1, 0.15) is 127 Å². The minimum Gasteiger partial charge on any atom is -0.480 e. The first kappa shape index (κ1) is 63.1. The molecule has 0 saturated carbocycles. The summed E-state index contributed by atoms with van der Waals surface area (Å²) in [7, 11) is 0. The number of esters is 1. The Bertz CT molecular complexity index is 2700. The molecule has 2 fully saturated rings. The third-order valence-electron chi connectivity index (χ3n) is 13.3. The van der Waals surface area contributed by atoms with Crippen LogP contribution in [0, 0.1) is 0 Å². The molecule has 0 bridgehead atoms. The topological polar surface area (TPSA) is 245 Å². The average Bonchev–Trinajstić information content (AvgIpc) is 4.18. The molecule has 4 heterocycles. The van der Waals surface area contributed by atoms with Gasteiger partial charge in [0.15, 0.2) is 11.6 Å². The molecule has 2 aliphatic rings. The second kappa shape index (κ2) is 29.4. The monoisotopic (exact) mass is 1110 g/mol. The Balaban J connectivity index is 0.000000295. The Hall–Kier alpha value is -7.78. The molecule has 22 nitrogen and oxygen atoms in total. The molecular formula is C58H84N12O10. The van der Waals surface area contributed by atoms with Gasteiger partial charge in [0.05, 0.1) is 12.4 Å². The van der Waals surface area contributed by atoms with E-state index in [0.717, 1.165) is 36.8 Å². The van der Waals surface area contributed by atoms with Crippen LogP contribution in [0.15, 0.2) is 60.9 Å². The van der Waals surface area contributed by atoms with Crippen LogP contribution in [0.25, 0.3) is 0 Å². The highest BCUT2D eigenvalue weighted by atomic mass is 16.6. The molecule has 2 aromatic carbocycles. The second-order valence-electron chi connectivity index (χ2n) is 21.2. The third-order valence-corrected chi connectivity index (χ3v) is 13.3. The molecular weight excluding hydrogens is 1020 g/mol. The number of carboxylic acids is 1. The van der Waals surface area contributed by atoms with E-state index in [1.807, 2.05) is 98.1 Å². The van der Waals surface area contributed by atoms with Gasteiger partial charge >= 0.3 is 24.1 Å².